The number of esters is 2. The summed E-state index contributed by atoms with van der Waals surface area (Å²) in [5.41, 5.74) is 0.973. The Labute approximate surface area is 87.8 Å². The summed E-state index contributed by atoms with van der Waals surface area (Å²) in [4.78, 5) is 22.2. The standard InChI is InChI=1S/C11H12O4/c1-7-5-4-6-9(11(13)14-3)10(7)15-8(2)12/h4-6H,1-3H3. The number of ether oxygens (including phenoxy) is 2. The van der Waals surface area contributed by atoms with Crippen LogP contribution in [0.5, 0.6) is 5.75 Å². The third kappa shape index (κ3) is 2.56. The van der Waals surface area contributed by atoms with Gasteiger partial charge < -0.3 is 9.47 Å². The van der Waals surface area contributed by atoms with Crippen molar-refractivity contribution in [1.82, 2.24) is 0 Å². The van der Waals surface area contributed by atoms with Gasteiger partial charge in [-0.05, 0) is 18.6 Å². The molecule has 0 spiro atoms. The van der Waals surface area contributed by atoms with E-state index in [1.807, 2.05) is 0 Å². The second-order valence-corrected chi connectivity index (χ2v) is 3.04. The number of methoxy groups -OCH3 is 1. The summed E-state index contributed by atoms with van der Waals surface area (Å²) in [5.74, 6) is -0.721. The highest BCUT2D eigenvalue weighted by molar-refractivity contribution is 5.93. The van der Waals surface area contributed by atoms with E-state index in [9.17, 15) is 9.59 Å². The van der Waals surface area contributed by atoms with Gasteiger partial charge in [-0.1, -0.05) is 12.1 Å². The monoisotopic (exact) mass is 208 g/mol. The lowest BCUT2D eigenvalue weighted by Gasteiger charge is -2.09. The molecule has 0 atom stereocenters. The Balaban J connectivity index is 3.19. The molecule has 4 heteroatoms. The van der Waals surface area contributed by atoms with Crippen molar-refractivity contribution < 1.29 is 19.1 Å². The van der Waals surface area contributed by atoms with E-state index in [-0.39, 0.29) is 11.3 Å². The van der Waals surface area contributed by atoms with Gasteiger partial charge in [-0.3, -0.25) is 4.79 Å². The van der Waals surface area contributed by atoms with Gasteiger partial charge in [0.2, 0.25) is 0 Å². The molecule has 0 saturated carbocycles. The van der Waals surface area contributed by atoms with Crippen LogP contribution in [0.3, 0.4) is 0 Å². The zero-order chi connectivity index (χ0) is 11.4. The largest absolute Gasteiger partial charge is 0.465 e. The average molecular weight is 208 g/mol. The number of carbonyl (C=O) groups excluding carboxylic acids is 2. The van der Waals surface area contributed by atoms with E-state index in [1.54, 1.807) is 25.1 Å². The summed E-state index contributed by atoms with van der Waals surface area (Å²) in [5, 5.41) is 0. The van der Waals surface area contributed by atoms with Gasteiger partial charge in [0, 0.05) is 6.92 Å². The third-order valence-electron chi connectivity index (χ3n) is 1.86. The predicted octanol–water partition coefficient (Wildman–Crippen LogP) is 1.71. The van der Waals surface area contributed by atoms with E-state index in [1.165, 1.54) is 14.0 Å². The van der Waals surface area contributed by atoms with Gasteiger partial charge in [-0.25, -0.2) is 4.79 Å². The van der Waals surface area contributed by atoms with Crippen LogP contribution in [0.2, 0.25) is 0 Å². The van der Waals surface area contributed by atoms with Crippen molar-refractivity contribution in [3.63, 3.8) is 0 Å². The average Bonchev–Trinajstić information content (AvgIpc) is 2.19. The van der Waals surface area contributed by atoms with Gasteiger partial charge in [0.15, 0.2) is 0 Å². The molecule has 0 fully saturated rings. The van der Waals surface area contributed by atoms with Gasteiger partial charge in [0.05, 0.1) is 7.11 Å². The van der Waals surface area contributed by atoms with E-state index >= 15 is 0 Å². The number of benzene rings is 1. The number of aryl methyl sites for hydroxylation is 1. The Hall–Kier alpha value is -1.84. The molecule has 0 aliphatic rings. The normalized spacial score (nSPS) is 9.53. The second kappa shape index (κ2) is 4.59. The third-order valence-corrected chi connectivity index (χ3v) is 1.86. The van der Waals surface area contributed by atoms with Crippen LogP contribution < -0.4 is 4.74 Å². The minimum atomic E-state index is -0.519. The molecule has 4 nitrogen and oxygen atoms in total. The maximum Gasteiger partial charge on any atom is 0.341 e. The van der Waals surface area contributed by atoms with Gasteiger partial charge in [0.25, 0.3) is 0 Å². The van der Waals surface area contributed by atoms with Gasteiger partial charge in [-0.15, -0.1) is 0 Å². The molecular formula is C11H12O4. The van der Waals surface area contributed by atoms with Crippen LogP contribution in [0.1, 0.15) is 22.8 Å². The summed E-state index contributed by atoms with van der Waals surface area (Å²) in [6.45, 7) is 3.04. The molecule has 0 aliphatic heterocycles. The van der Waals surface area contributed by atoms with Crippen molar-refractivity contribution in [2.75, 3.05) is 7.11 Å². The minimum Gasteiger partial charge on any atom is -0.465 e. The van der Waals surface area contributed by atoms with Gasteiger partial charge in [-0.2, -0.15) is 0 Å². The lowest BCUT2D eigenvalue weighted by molar-refractivity contribution is -0.131. The molecule has 0 radical (unpaired) electrons. The highest BCUT2D eigenvalue weighted by Gasteiger charge is 2.16. The SMILES string of the molecule is COC(=O)c1cccc(C)c1OC(C)=O. The lowest BCUT2D eigenvalue weighted by atomic mass is 10.1. The van der Waals surface area contributed by atoms with Crippen molar-refractivity contribution in [3.8, 4) is 5.75 Å². The Kier molecular flexibility index (Phi) is 3.44. The van der Waals surface area contributed by atoms with E-state index in [0.29, 0.717) is 5.56 Å². The summed E-state index contributed by atoms with van der Waals surface area (Å²) in [7, 11) is 1.28. The van der Waals surface area contributed by atoms with E-state index in [2.05, 4.69) is 4.74 Å². The maximum absolute atomic E-state index is 11.4. The topological polar surface area (TPSA) is 52.6 Å². The smallest absolute Gasteiger partial charge is 0.341 e. The molecular weight excluding hydrogens is 196 g/mol. The van der Waals surface area contributed by atoms with E-state index in [4.69, 9.17) is 4.74 Å². The fourth-order valence-corrected chi connectivity index (χ4v) is 1.20. The fourth-order valence-electron chi connectivity index (χ4n) is 1.20. The summed E-state index contributed by atoms with van der Waals surface area (Å²) in [6.07, 6.45) is 0. The summed E-state index contributed by atoms with van der Waals surface area (Å²) >= 11 is 0. The summed E-state index contributed by atoms with van der Waals surface area (Å²) in [6, 6.07) is 5.01. The molecule has 0 amide bonds. The van der Waals surface area contributed by atoms with Crippen molar-refractivity contribution in [2.45, 2.75) is 13.8 Å². The Morgan fingerprint density at radius 3 is 2.47 bits per heavy atom. The van der Waals surface area contributed by atoms with Crippen molar-refractivity contribution in [2.24, 2.45) is 0 Å². The molecule has 1 aromatic carbocycles. The predicted molar refractivity (Wildman–Crippen MR) is 53.8 cm³/mol. The number of rotatable bonds is 2. The van der Waals surface area contributed by atoms with Crippen LogP contribution in [0.15, 0.2) is 18.2 Å². The maximum atomic E-state index is 11.4. The Bertz CT molecular complexity index is 396. The molecule has 15 heavy (non-hydrogen) atoms. The summed E-state index contributed by atoms with van der Waals surface area (Å²) < 4.78 is 9.54. The van der Waals surface area contributed by atoms with Crippen LogP contribution in [0.25, 0.3) is 0 Å². The molecule has 0 heterocycles. The van der Waals surface area contributed by atoms with Crippen LogP contribution in [-0.2, 0) is 9.53 Å². The first kappa shape index (κ1) is 11.2. The molecule has 0 bridgehead atoms. The van der Waals surface area contributed by atoms with Gasteiger partial charge >= 0.3 is 11.9 Å². The molecule has 0 aromatic heterocycles. The van der Waals surface area contributed by atoms with Crippen LogP contribution in [-0.4, -0.2) is 19.0 Å². The highest BCUT2D eigenvalue weighted by Crippen LogP contribution is 2.24. The fraction of sp³-hybridized carbons (Fsp3) is 0.273. The molecule has 0 N–H and O–H groups in total. The van der Waals surface area contributed by atoms with Crippen molar-refractivity contribution >= 4 is 11.9 Å². The zero-order valence-corrected chi connectivity index (χ0v) is 8.87. The molecule has 1 rings (SSSR count). The zero-order valence-electron chi connectivity index (χ0n) is 8.87. The van der Waals surface area contributed by atoms with Crippen molar-refractivity contribution in [3.05, 3.63) is 29.3 Å². The highest BCUT2D eigenvalue weighted by atomic mass is 16.5. The minimum absolute atomic E-state index is 0.257. The van der Waals surface area contributed by atoms with Crippen LogP contribution in [0.4, 0.5) is 0 Å². The van der Waals surface area contributed by atoms with E-state index in [0.717, 1.165) is 0 Å². The second-order valence-electron chi connectivity index (χ2n) is 3.04. The van der Waals surface area contributed by atoms with Gasteiger partial charge in [0.1, 0.15) is 11.3 Å². The number of hydrogen-bond donors (Lipinski definition) is 0. The number of carbonyl (C=O) groups is 2. The van der Waals surface area contributed by atoms with Crippen LogP contribution >= 0.6 is 0 Å². The van der Waals surface area contributed by atoms with Crippen molar-refractivity contribution in [1.29, 1.82) is 0 Å². The molecule has 1 aromatic rings. The molecule has 80 valence electrons. The first-order valence-corrected chi connectivity index (χ1v) is 4.42. The van der Waals surface area contributed by atoms with Crippen LogP contribution in [0, 0.1) is 6.92 Å². The van der Waals surface area contributed by atoms with E-state index < -0.39 is 11.9 Å². The molecule has 0 saturated heterocycles. The Morgan fingerprint density at radius 2 is 1.93 bits per heavy atom. The lowest BCUT2D eigenvalue weighted by Crippen LogP contribution is -2.10. The number of para-hydroxylation sites is 1. The Morgan fingerprint density at radius 1 is 1.27 bits per heavy atom. The molecule has 0 aliphatic carbocycles. The first-order chi connectivity index (χ1) is 7.06. The number of hydrogen-bond acceptors (Lipinski definition) is 4. The molecule has 0 unspecified atom stereocenters. The first-order valence-electron chi connectivity index (χ1n) is 4.42. The quantitative estimate of drug-likeness (QED) is 0.548.